The topological polar surface area (TPSA) is 46.9 Å². The van der Waals surface area contributed by atoms with Crippen molar-refractivity contribution in [2.45, 2.75) is 38.4 Å². The fraction of sp³-hybridized carbons (Fsp3) is 0.412. The van der Waals surface area contributed by atoms with Gasteiger partial charge in [-0.3, -0.25) is 9.48 Å². The van der Waals surface area contributed by atoms with Gasteiger partial charge in [0.05, 0.1) is 24.0 Å². The maximum Gasteiger partial charge on any atom is 0.416 e. The normalized spacial score (nSPS) is 15.6. The van der Waals surface area contributed by atoms with Crippen LogP contribution in [0.2, 0.25) is 0 Å². The third-order valence-corrected chi connectivity index (χ3v) is 4.23. The zero-order valence-electron chi connectivity index (χ0n) is 13.0. The van der Waals surface area contributed by atoms with Crippen molar-refractivity contribution in [3.8, 4) is 0 Å². The van der Waals surface area contributed by atoms with Crippen molar-refractivity contribution in [3.63, 3.8) is 0 Å². The molecule has 24 heavy (non-hydrogen) atoms. The number of amides is 1. The largest absolute Gasteiger partial charge is 0.416 e. The molecule has 0 unspecified atom stereocenters. The van der Waals surface area contributed by atoms with Gasteiger partial charge in [-0.15, -0.1) is 0 Å². The fourth-order valence-corrected chi connectivity index (χ4v) is 2.98. The van der Waals surface area contributed by atoms with Crippen LogP contribution in [-0.4, -0.2) is 15.7 Å². The van der Waals surface area contributed by atoms with Crippen molar-refractivity contribution >= 4 is 11.6 Å². The Kier molecular flexibility index (Phi) is 4.59. The zero-order valence-corrected chi connectivity index (χ0v) is 13.0. The highest BCUT2D eigenvalue weighted by molar-refractivity contribution is 5.92. The first-order valence-electron chi connectivity index (χ1n) is 7.91. The summed E-state index contributed by atoms with van der Waals surface area (Å²) in [5.41, 5.74) is 0.391. The standard InChI is InChI=1S/C17H18F3N3O/c18-17(19,20)14-7-3-4-12(8-14)10-23-11-15(9-21-23)22-16(24)13-5-1-2-6-13/h3-4,7-9,11,13H,1-2,5-6,10H2,(H,22,24). The van der Waals surface area contributed by atoms with Crippen LogP contribution in [0.5, 0.6) is 0 Å². The quantitative estimate of drug-likeness (QED) is 0.914. The van der Waals surface area contributed by atoms with Crippen LogP contribution < -0.4 is 5.32 Å². The summed E-state index contributed by atoms with van der Waals surface area (Å²) < 4.78 is 39.7. The number of benzene rings is 1. The number of hydrogen-bond acceptors (Lipinski definition) is 2. The van der Waals surface area contributed by atoms with Crippen molar-refractivity contribution in [2.24, 2.45) is 5.92 Å². The number of alkyl halides is 3. The number of anilines is 1. The third-order valence-electron chi connectivity index (χ3n) is 4.23. The first-order valence-corrected chi connectivity index (χ1v) is 7.91. The predicted molar refractivity (Wildman–Crippen MR) is 83.4 cm³/mol. The minimum absolute atomic E-state index is 0.00822. The molecule has 1 aliphatic carbocycles. The lowest BCUT2D eigenvalue weighted by Crippen LogP contribution is -2.19. The van der Waals surface area contributed by atoms with E-state index in [-0.39, 0.29) is 18.4 Å². The van der Waals surface area contributed by atoms with Gasteiger partial charge in [-0.1, -0.05) is 25.0 Å². The van der Waals surface area contributed by atoms with Gasteiger partial charge in [-0.05, 0) is 30.5 Å². The lowest BCUT2D eigenvalue weighted by molar-refractivity contribution is -0.137. The summed E-state index contributed by atoms with van der Waals surface area (Å²) in [6, 6.07) is 5.15. The van der Waals surface area contributed by atoms with Crippen molar-refractivity contribution in [3.05, 3.63) is 47.8 Å². The van der Waals surface area contributed by atoms with Gasteiger partial charge in [0.2, 0.25) is 5.91 Å². The minimum atomic E-state index is -4.36. The van der Waals surface area contributed by atoms with Crippen molar-refractivity contribution in [1.82, 2.24) is 9.78 Å². The van der Waals surface area contributed by atoms with Crippen LogP contribution in [0.3, 0.4) is 0 Å². The Morgan fingerprint density at radius 2 is 2.04 bits per heavy atom. The number of rotatable bonds is 4. The summed E-state index contributed by atoms with van der Waals surface area (Å²) >= 11 is 0. The van der Waals surface area contributed by atoms with Gasteiger partial charge in [0, 0.05) is 12.1 Å². The molecule has 1 saturated carbocycles. The summed E-state index contributed by atoms with van der Waals surface area (Å²) in [7, 11) is 0. The molecule has 0 spiro atoms. The second-order valence-corrected chi connectivity index (χ2v) is 6.10. The number of carbonyl (C=O) groups excluding carboxylic acids is 1. The molecule has 2 aromatic rings. The number of carbonyl (C=O) groups is 1. The fourth-order valence-electron chi connectivity index (χ4n) is 2.98. The molecule has 3 rings (SSSR count). The lowest BCUT2D eigenvalue weighted by Gasteiger charge is -2.09. The molecule has 0 saturated heterocycles. The average molecular weight is 337 g/mol. The Labute approximate surface area is 137 Å². The van der Waals surface area contributed by atoms with E-state index in [0.29, 0.717) is 11.3 Å². The van der Waals surface area contributed by atoms with E-state index in [1.807, 2.05) is 0 Å². The summed E-state index contributed by atoms with van der Waals surface area (Å²) in [6.07, 6.45) is 2.75. The molecule has 0 bridgehead atoms. The summed E-state index contributed by atoms with van der Waals surface area (Å²) in [5, 5.41) is 6.93. The van der Waals surface area contributed by atoms with E-state index in [4.69, 9.17) is 0 Å². The van der Waals surface area contributed by atoms with Crippen LogP contribution >= 0.6 is 0 Å². The zero-order chi connectivity index (χ0) is 17.2. The highest BCUT2D eigenvalue weighted by atomic mass is 19.4. The molecule has 1 heterocycles. The van der Waals surface area contributed by atoms with Gasteiger partial charge in [0.15, 0.2) is 0 Å². The summed E-state index contributed by atoms with van der Waals surface area (Å²) in [6.45, 7) is 0.212. The molecular weight excluding hydrogens is 319 g/mol. The Bertz CT molecular complexity index is 718. The van der Waals surface area contributed by atoms with E-state index in [1.165, 1.54) is 16.9 Å². The SMILES string of the molecule is O=C(Nc1cnn(Cc2cccc(C(F)(F)F)c2)c1)C1CCCC1. The first-order chi connectivity index (χ1) is 11.4. The van der Waals surface area contributed by atoms with Gasteiger partial charge in [0.25, 0.3) is 0 Å². The van der Waals surface area contributed by atoms with Gasteiger partial charge in [0.1, 0.15) is 0 Å². The van der Waals surface area contributed by atoms with Crippen LogP contribution in [0.4, 0.5) is 18.9 Å². The summed E-state index contributed by atoms with van der Waals surface area (Å²) in [4.78, 5) is 12.1. The second kappa shape index (κ2) is 6.67. The van der Waals surface area contributed by atoms with Gasteiger partial charge in [-0.2, -0.15) is 18.3 Å². The lowest BCUT2D eigenvalue weighted by atomic mass is 10.1. The smallest absolute Gasteiger partial charge is 0.323 e. The Morgan fingerprint density at radius 1 is 1.29 bits per heavy atom. The first kappa shape index (κ1) is 16.5. The Morgan fingerprint density at radius 3 is 2.75 bits per heavy atom. The van der Waals surface area contributed by atoms with E-state index in [9.17, 15) is 18.0 Å². The minimum Gasteiger partial charge on any atom is -0.323 e. The van der Waals surface area contributed by atoms with Crippen molar-refractivity contribution in [1.29, 1.82) is 0 Å². The maximum absolute atomic E-state index is 12.7. The van der Waals surface area contributed by atoms with E-state index in [0.717, 1.165) is 37.8 Å². The number of hydrogen-bond donors (Lipinski definition) is 1. The average Bonchev–Trinajstić information content (AvgIpc) is 3.18. The monoisotopic (exact) mass is 337 g/mol. The molecule has 1 fully saturated rings. The molecular formula is C17H18F3N3O. The number of nitrogens with one attached hydrogen (secondary N) is 1. The van der Waals surface area contributed by atoms with Crippen LogP contribution in [0.25, 0.3) is 0 Å². The molecule has 128 valence electrons. The van der Waals surface area contributed by atoms with Gasteiger partial charge >= 0.3 is 6.18 Å². The van der Waals surface area contributed by atoms with Crippen molar-refractivity contribution in [2.75, 3.05) is 5.32 Å². The third kappa shape index (κ3) is 3.96. The number of aromatic nitrogens is 2. The van der Waals surface area contributed by atoms with E-state index >= 15 is 0 Å². The maximum atomic E-state index is 12.7. The van der Waals surface area contributed by atoms with Crippen LogP contribution in [-0.2, 0) is 17.5 Å². The molecule has 4 nitrogen and oxygen atoms in total. The van der Waals surface area contributed by atoms with Crippen LogP contribution in [0.15, 0.2) is 36.7 Å². The molecule has 1 amide bonds. The Hall–Kier alpha value is -2.31. The second-order valence-electron chi connectivity index (χ2n) is 6.10. The van der Waals surface area contributed by atoms with Crippen LogP contribution in [0, 0.1) is 5.92 Å². The molecule has 7 heteroatoms. The van der Waals surface area contributed by atoms with E-state index in [2.05, 4.69) is 10.4 Å². The van der Waals surface area contributed by atoms with Gasteiger partial charge in [-0.25, -0.2) is 0 Å². The number of halogens is 3. The van der Waals surface area contributed by atoms with Crippen molar-refractivity contribution < 1.29 is 18.0 Å². The highest BCUT2D eigenvalue weighted by Crippen LogP contribution is 2.30. The molecule has 1 N–H and O–H groups in total. The van der Waals surface area contributed by atoms with E-state index < -0.39 is 11.7 Å². The molecule has 1 aliphatic rings. The Balaban J connectivity index is 1.65. The van der Waals surface area contributed by atoms with E-state index in [1.54, 1.807) is 12.3 Å². The molecule has 0 aliphatic heterocycles. The molecule has 0 radical (unpaired) electrons. The predicted octanol–water partition coefficient (Wildman–Crippen LogP) is 4.08. The molecule has 1 aromatic carbocycles. The van der Waals surface area contributed by atoms with Gasteiger partial charge < -0.3 is 5.32 Å². The molecule has 0 atom stereocenters. The summed E-state index contributed by atoms with van der Waals surface area (Å²) in [5.74, 6) is 0.0444. The number of nitrogens with zero attached hydrogens (tertiary/aromatic N) is 2. The molecule has 1 aromatic heterocycles. The highest BCUT2D eigenvalue weighted by Gasteiger charge is 2.30. The van der Waals surface area contributed by atoms with Crippen LogP contribution in [0.1, 0.15) is 36.8 Å².